The Kier molecular flexibility index (Phi) is 6.02. The molecule has 48 heavy (non-hydrogen) atoms. The lowest BCUT2D eigenvalue weighted by Crippen LogP contribution is -2.32. The second-order valence-corrected chi connectivity index (χ2v) is 13.5. The third kappa shape index (κ3) is 3.99. The van der Waals surface area contributed by atoms with Crippen LogP contribution in [0.15, 0.2) is 174 Å². The number of fused-ring (bicyclic) bond motifs is 10. The van der Waals surface area contributed by atoms with E-state index in [9.17, 15) is 0 Å². The third-order valence-corrected chi connectivity index (χ3v) is 10.9. The average molecular weight is 630 g/mol. The van der Waals surface area contributed by atoms with Crippen molar-refractivity contribution in [2.75, 3.05) is 0 Å². The summed E-state index contributed by atoms with van der Waals surface area (Å²) in [7, 11) is 0. The van der Waals surface area contributed by atoms with Gasteiger partial charge in [0.2, 0.25) is 0 Å². The standard InChI is InChI=1S/C44H27N3S/c1-2-13-29(14-3-1)41-45-42(31-23-22-28-12-4-5-15-30(28)26-31)47-43(46-41)32-24-25-40-38(27-32)44(37-20-10-11-21-39(37)48-40)35-18-8-6-16-33(35)34-17-7-9-19-36(34)44/h1-27H. The molecule has 2 aliphatic rings. The van der Waals surface area contributed by atoms with E-state index < -0.39 is 5.41 Å². The van der Waals surface area contributed by atoms with E-state index in [4.69, 9.17) is 15.0 Å². The molecule has 0 N–H and O–H groups in total. The van der Waals surface area contributed by atoms with Crippen molar-refractivity contribution in [1.82, 2.24) is 15.0 Å². The molecule has 0 saturated carbocycles. The van der Waals surface area contributed by atoms with Gasteiger partial charge in [-0.3, -0.25) is 0 Å². The van der Waals surface area contributed by atoms with Gasteiger partial charge in [-0.15, -0.1) is 0 Å². The summed E-state index contributed by atoms with van der Waals surface area (Å²) in [6, 6.07) is 58.5. The van der Waals surface area contributed by atoms with Crippen molar-refractivity contribution in [3.8, 4) is 45.3 Å². The number of hydrogen-bond acceptors (Lipinski definition) is 4. The highest BCUT2D eigenvalue weighted by atomic mass is 32.2. The van der Waals surface area contributed by atoms with Crippen molar-refractivity contribution in [3.63, 3.8) is 0 Å². The van der Waals surface area contributed by atoms with Crippen LogP contribution < -0.4 is 0 Å². The van der Waals surface area contributed by atoms with Gasteiger partial charge in [0.15, 0.2) is 17.5 Å². The lowest BCUT2D eigenvalue weighted by molar-refractivity contribution is 0.722. The molecule has 2 heterocycles. The molecule has 0 fully saturated rings. The molecule has 7 aromatic carbocycles. The molecule has 3 nitrogen and oxygen atoms in total. The van der Waals surface area contributed by atoms with Crippen LogP contribution >= 0.6 is 11.8 Å². The molecule has 0 unspecified atom stereocenters. The van der Waals surface area contributed by atoms with Crippen molar-refractivity contribution in [2.45, 2.75) is 15.2 Å². The Balaban J connectivity index is 1.23. The Labute approximate surface area is 283 Å². The van der Waals surface area contributed by atoms with Crippen LogP contribution in [0.4, 0.5) is 0 Å². The fraction of sp³-hybridized carbons (Fsp3) is 0.0227. The third-order valence-electron chi connectivity index (χ3n) is 9.78. The molecule has 0 amide bonds. The Morgan fingerprint density at radius 1 is 0.354 bits per heavy atom. The highest BCUT2D eigenvalue weighted by molar-refractivity contribution is 7.99. The van der Waals surface area contributed by atoms with Crippen molar-refractivity contribution in [1.29, 1.82) is 0 Å². The molecule has 1 aromatic heterocycles. The zero-order valence-corrected chi connectivity index (χ0v) is 26.7. The number of aromatic nitrogens is 3. The van der Waals surface area contributed by atoms with Gasteiger partial charge in [-0.2, -0.15) is 0 Å². The summed E-state index contributed by atoms with van der Waals surface area (Å²) in [4.78, 5) is 17.9. The van der Waals surface area contributed by atoms with Crippen LogP contribution in [0.2, 0.25) is 0 Å². The highest BCUT2D eigenvalue weighted by Gasteiger charge is 2.50. The van der Waals surface area contributed by atoms with Crippen molar-refractivity contribution >= 4 is 22.5 Å². The molecule has 0 bridgehead atoms. The van der Waals surface area contributed by atoms with Crippen LogP contribution in [-0.2, 0) is 5.41 Å². The van der Waals surface area contributed by atoms with Crippen LogP contribution in [-0.4, -0.2) is 15.0 Å². The van der Waals surface area contributed by atoms with Crippen LogP contribution in [0, 0.1) is 0 Å². The second-order valence-electron chi connectivity index (χ2n) is 12.4. The van der Waals surface area contributed by atoms with E-state index in [-0.39, 0.29) is 0 Å². The first kappa shape index (κ1) is 27.3. The summed E-state index contributed by atoms with van der Waals surface area (Å²) in [5.74, 6) is 1.98. The van der Waals surface area contributed by atoms with Gasteiger partial charge >= 0.3 is 0 Å². The molecule has 0 radical (unpaired) electrons. The number of rotatable bonds is 3. The summed E-state index contributed by atoms with van der Waals surface area (Å²) < 4.78 is 0. The Morgan fingerprint density at radius 2 is 0.875 bits per heavy atom. The SMILES string of the molecule is c1ccc(-c2nc(-c3ccc4c(c3)C3(c5ccccc5S4)c4ccccc4-c4ccccc43)nc(-c3ccc4ccccc4c3)n2)cc1. The maximum Gasteiger partial charge on any atom is 0.164 e. The average Bonchev–Trinajstić information content (AvgIpc) is 3.45. The first-order valence-corrected chi connectivity index (χ1v) is 17.0. The molecule has 10 rings (SSSR count). The van der Waals surface area contributed by atoms with Gasteiger partial charge < -0.3 is 0 Å². The minimum Gasteiger partial charge on any atom is -0.208 e. The van der Waals surface area contributed by atoms with Gasteiger partial charge in [0.05, 0.1) is 5.41 Å². The first-order chi connectivity index (χ1) is 23.8. The first-order valence-electron chi connectivity index (χ1n) is 16.2. The van der Waals surface area contributed by atoms with E-state index >= 15 is 0 Å². The van der Waals surface area contributed by atoms with E-state index in [2.05, 4.69) is 146 Å². The summed E-state index contributed by atoms with van der Waals surface area (Å²) in [6.07, 6.45) is 0. The van der Waals surface area contributed by atoms with Gasteiger partial charge in [0.25, 0.3) is 0 Å². The Morgan fingerprint density at radius 3 is 1.60 bits per heavy atom. The van der Waals surface area contributed by atoms with E-state index in [1.54, 1.807) is 0 Å². The largest absolute Gasteiger partial charge is 0.208 e. The summed E-state index contributed by atoms with van der Waals surface area (Å²) >= 11 is 1.84. The molecular formula is C44H27N3S. The van der Waals surface area contributed by atoms with Gasteiger partial charge in [-0.05, 0) is 68.4 Å². The maximum atomic E-state index is 5.17. The highest BCUT2D eigenvalue weighted by Crippen LogP contribution is 2.62. The molecular weight excluding hydrogens is 603 g/mol. The normalized spacial score (nSPS) is 13.5. The fourth-order valence-electron chi connectivity index (χ4n) is 7.67. The van der Waals surface area contributed by atoms with E-state index in [0.29, 0.717) is 17.5 Å². The molecule has 8 aromatic rings. The molecule has 1 spiro atoms. The van der Waals surface area contributed by atoms with Crippen LogP contribution in [0.25, 0.3) is 56.1 Å². The summed E-state index contributed by atoms with van der Waals surface area (Å²) in [5.41, 5.74) is 10.2. The summed E-state index contributed by atoms with van der Waals surface area (Å²) in [5, 5.41) is 2.34. The van der Waals surface area contributed by atoms with Crippen LogP contribution in [0.1, 0.15) is 22.3 Å². The summed E-state index contributed by atoms with van der Waals surface area (Å²) in [6.45, 7) is 0. The minimum atomic E-state index is -0.461. The number of hydrogen-bond donors (Lipinski definition) is 0. The van der Waals surface area contributed by atoms with Crippen molar-refractivity contribution in [2.24, 2.45) is 0 Å². The van der Waals surface area contributed by atoms with E-state index in [0.717, 1.165) is 22.1 Å². The fourth-order valence-corrected chi connectivity index (χ4v) is 8.85. The quantitative estimate of drug-likeness (QED) is 0.195. The predicted molar refractivity (Wildman–Crippen MR) is 195 cm³/mol. The number of benzene rings is 7. The zero-order valence-electron chi connectivity index (χ0n) is 25.8. The van der Waals surface area contributed by atoms with E-state index in [1.165, 1.54) is 48.6 Å². The predicted octanol–water partition coefficient (Wildman–Crippen LogP) is 10.9. The molecule has 4 heteroatoms. The van der Waals surface area contributed by atoms with Gasteiger partial charge in [-0.25, -0.2) is 15.0 Å². The topological polar surface area (TPSA) is 38.7 Å². The van der Waals surface area contributed by atoms with Crippen molar-refractivity contribution in [3.05, 3.63) is 186 Å². The monoisotopic (exact) mass is 629 g/mol. The molecule has 0 atom stereocenters. The molecule has 224 valence electrons. The maximum absolute atomic E-state index is 5.17. The van der Waals surface area contributed by atoms with Crippen molar-refractivity contribution < 1.29 is 0 Å². The lowest BCUT2D eigenvalue weighted by atomic mass is 9.67. The van der Waals surface area contributed by atoms with Crippen LogP contribution in [0.3, 0.4) is 0 Å². The number of nitrogens with zero attached hydrogens (tertiary/aromatic N) is 3. The van der Waals surface area contributed by atoms with Gasteiger partial charge in [-0.1, -0.05) is 151 Å². The van der Waals surface area contributed by atoms with Gasteiger partial charge in [0.1, 0.15) is 0 Å². The minimum absolute atomic E-state index is 0.461. The smallest absolute Gasteiger partial charge is 0.164 e. The second kappa shape index (κ2) is 10.6. The molecule has 1 aliphatic heterocycles. The van der Waals surface area contributed by atoms with Crippen LogP contribution in [0.5, 0.6) is 0 Å². The molecule has 1 aliphatic carbocycles. The van der Waals surface area contributed by atoms with E-state index in [1.807, 2.05) is 30.0 Å². The Bertz CT molecular complexity index is 2510. The van der Waals surface area contributed by atoms with Gasteiger partial charge in [0, 0.05) is 26.5 Å². The lowest BCUT2D eigenvalue weighted by Gasteiger charge is -2.39. The molecule has 0 saturated heterocycles. The zero-order chi connectivity index (χ0) is 31.7. The Hall–Kier alpha value is -5.84.